The van der Waals surface area contributed by atoms with E-state index in [0.29, 0.717) is 5.56 Å². The van der Waals surface area contributed by atoms with Crippen molar-refractivity contribution in [1.29, 1.82) is 0 Å². The monoisotopic (exact) mass is 356 g/mol. The molecule has 1 heterocycles. The largest absolute Gasteiger partial charge is 0.271 e. The average Bonchev–Trinajstić information content (AvgIpc) is 3.26. The number of carbonyl (C=O) groups excluding carboxylic acids is 1. The van der Waals surface area contributed by atoms with Crippen molar-refractivity contribution < 1.29 is 4.79 Å². The Kier molecular flexibility index (Phi) is 4.40. The quantitative estimate of drug-likeness (QED) is 0.450. The first-order valence-corrected chi connectivity index (χ1v) is 8.38. The summed E-state index contributed by atoms with van der Waals surface area (Å²) in [5.74, 6) is -0.279. The normalized spacial score (nSPS) is 11.5. The van der Waals surface area contributed by atoms with Gasteiger partial charge in [0.15, 0.2) is 0 Å². The zero-order chi connectivity index (χ0) is 18.6. The highest BCUT2D eigenvalue weighted by atomic mass is 16.2. The smallest absolute Gasteiger partial charge is 0.267 e. The van der Waals surface area contributed by atoms with Gasteiger partial charge in [-0.15, -0.1) is 5.10 Å². The molecule has 0 atom stereocenters. The summed E-state index contributed by atoms with van der Waals surface area (Å²) in [5.41, 5.74) is 5.57. The van der Waals surface area contributed by atoms with E-state index in [-0.39, 0.29) is 5.91 Å². The molecule has 0 unspecified atom stereocenters. The topological polar surface area (TPSA) is 85.1 Å². The number of hydrogen-bond acceptors (Lipinski definition) is 5. The third-order valence-electron chi connectivity index (χ3n) is 4.24. The molecule has 0 saturated carbocycles. The molecule has 1 aromatic heterocycles. The van der Waals surface area contributed by atoms with Crippen molar-refractivity contribution in [2.24, 2.45) is 5.10 Å². The van der Waals surface area contributed by atoms with E-state index < -0.39 is 0 Å². The summed E-state index contributed by atoms with van der Waals surface area (Å²) in [6, 6.07) is 21.2. The van der Waals surface area contributed by atoms with Gasteiger partial charge in [-0.1, -0.05) is 36.4 Å². The summed E-state index contributed by atoms with van der Waals surface area (Å²) in [4.78, 5) is 12.3. The number of hydrogen-bond donors (Lipinski definition) is 1. The molecule has 0 aliphatic rings. The second-order valence-corrected chi connectivity index (χ2v) is 6.00. The van der Waals surface area contributed by atoms with Gasteiger partial charge in [0.05, 0.1) is 11.4 Å². The van der Waals surface area contributed by atoms with Crippen molar-refractivity contribution >= 4 is 22.4 Å². The lowest BCUT2D eigenvalue weighted by molar-refractivity contribution is 0.0955. The van der Waals surface area contributed by atoms with Crippen LogP contribution in [0, 0.1) is 0 Å². The van der Waals surface area contributed by atoms with E-state index in [1.165, 1.54) is 16.4 Å². The first-order chi connectivity index (χ1) is 13.2. The summed E-state index contributed by atoms with van der Waals surface area (Å²) in [7, 11) is 0. The summed E-state index contributed by atoms with van der Waals surface area (Å²) < 4.78 is 1.52. The molecule has 0 fully saturated rings. The van der Waals surface area contributed by atoms with E-state index in [0.717, 1.165) is 22.3 Å². The van der Waals surface area contributed by atoms with Crippen molar-refractivity contribution in [3.05, 3.63) is 84.2 Å². The minimum Gasteiger partial charge on any atom is -0.267 e. The first kappa shape index (κ1) is 16.6. The predicted molar refractivity (Wildman–Crippen MR) is 103 cm³/mol. The average molecular weight is 356 g/mol. The van der Waals surface area contributed by atoms with Crippen LogP contribution in [0.25, 0.3) is 16.5 Å². The molecular weight excluding hydrogens is 340 g/mol. The van der Waals surface area contributed by atoms with Crippen LogP contribution in [0.15, 0.2) is 78.2 Å². The summed E-state index contributed by atoms with van der Waals surface area (Å²) in [5, 5.41) is 17.5. The van der Waals surface area contributed by atoms with Crippen LogP contribution in [0.1, 0.15) is 22.8 Å². The highest BCUT2D eigenvalue weighted by molar-refractivity contribution is 6.03. The Bertz CT molecular complexity index is 1120. The molecule has 0 aliphatic heterocycles. The van der Waals surface area contributed by atoms with E-state index in [2.05, 4.69) is 44.3 Å². The Hall–Kier alpha value is -3.87. The molecule has 0 spiro atoms. The van der Waals surface area contributed by atoms with E-state index in [1.54, 1.807) is 24.3 Å². The Morgan fingerprint density at radius 2 is 1.70 bits per heavy atom. The fourth-order valence-electron chi connectivity index (χ4n) is 2.72. The lowest BCUT2D eigenvalue weighted by Crippen LogP contribution is -2.19. The molecule has 3 aromatic carbocycles. The van der Waals surface area contributed by atoms with Crippen LogP contribution in [-0.4, -0.2) is 31.8 Å². The number of aromatic nitrogens is 4. The molecular formula is C20H16N6O. The molecule has 27 heavy (non-hydrogen) atoms. The maximum absolute atomic E-state index is 12.3. The number of nitrogens with zero attached hydrogens (tertiary/aromatic N) is 5. The van der Waals surface area contributed by atoms with Crippen LogP contribution in [0.3, 0.4) is 0 Å². The minimum atomic E-state index is -0.279. The highest BCUT2D eigenvalue weighted by Crippen LogP contribution is 2.16. The van der Waals surface area contributed by atoms with Crippen molar-refractivity contribution in [1.82, 2.24) is 25.6 Å². The Morgan fingerprint density at radius 3 is 2.44 bits per heavy atom. The number of benzene rings is 3. The maximum atomic E-state index is 12.3. The Morgan fingerprint density at radius 1 is 0.963 bits per heavy atom. The Balaban J connectivity index is 1.48. The van der Waals surface area contributed by atoms with E-state index >= 15 is 0 Å². The van der Waals surface area contributed by atoms with Crippen LogP contribution in [0.2, 0.25) is 0 Å². The summed E-state index contributed by atoms with van der Waals surface area (Å²) in [6.07, 6.45) is 1.49. The Labute approximate surface area is 155 Å². The highest BCUT2D eigenvalue weighted by Gasteiger charge is 2.06. The SMILES string of the molecule is C/C(=N\NC(=O)c1ccc(-n2cnnn2)cc1)c1ccc2ccccc2c1. The third kappa shape index (κ3) is 3.57. The van der Waals surface area contributed by atoms with Crippen molar-refractivity contribution in [3.63, 3.8) is 0 Å². The van der Waals surface area contributed by atoms with Gasteiger partial charge in [-0.05, 0) is 64.0 Å². The fourth-order valence-corrected chi connectivity index (χ4v) is 2.72. The van der Waals surface area contributed by atoms with Crippen LogP contribution in [0.4, 0.5) is 0 Å². The van der Waals surface area contributed by atoms with Gasteiger partial charge in [-0.2, -0.15) is 5.10 Å². The summed E-state index contributed by atoms with van der Waals surface area (Å²) >= 11 is 0. The van der Waals surface area contributed by atoms with Crippen LogP contribution < -0.4 is 5.43 Å². The predicted octanol–water partition coefficient (Wildman–Crippen LogP) is 2.97. The van der Waals surface area contributed by atoms with Gasteiger partial charge in [0.1, 0.15) is 6.33 Å². The number of tetrazole rings is 1. The molecule has 0 radical (unpaired) electrons. The number of carbonyl (C=O) groups is 1. The molecule has 4 rings (SSSR count). The van der Waals surface area contributed by atoms with E-state index in [4.69, 9.17) is 0 Å². The molecule has 0 saturated heterocycles. The van der Waals surface area contributed by atoms with Crippen LogP contribution in [0.5, 0.6) is 0 Å². The number of fused-ring (bicyclic) bond motifs is 1. The van der Waals surface area contributed by atoms with E-state index in [9.17, 15) is 4.79 Å². The van der Waals surface area contributed by atoms with Gasteiger partial charge in [0, 0.05) is 5.56 Å². The fraction of sp³-hybridized carbons (Fsp3) is 0.0500. The molecule has 4 aromatic rings. The molecule has 0 aliphatic carbocycles. The second-order valence-electron chi connectivity index (χ2n) is 6.00. The zero-order valence-electron chi connectivity index (χ0n) is 14.6. The number of hydrazone groups is 1. The van der Waals surface area contributed by atoms with Gasteiger partial charge in [-0.3, -0.25) is 4.79 Å². The van der Waals surface area contributed by atoms with Crippen molar-refractivity contribution in [3.8, 4) is 5.69 Å². The first-order valence-electron chi connectivity index (χ1n) is 8.38. The molecule has 1 amide bonds. The molecule has 7 heteroatoms. The lowest BCUT2D eigenvalue weighted by Gasteiger charge is -2.05. The van der Waals surface area contributed by atoms with Crippen LogP contribution >= 0.6 is 0 Å². The standard InChI is InChI=1S/C20H16N6O/c1-14(17-7-6-15-4-2-3-5-18(15)12-17)22-23-20(27)16-8-10-19(11-9-16)26-13-21-24-25-26/h2-13H,1H3,(H,23,27)/b22-14+. The molecule has 132 valence electrons. The van der Waals surface area contributed by atoms with Gasteiger partial charge >= 0.3 is 0 Å². The molecule has 0 bridgehead atoms. The summed E-state index contributed by atoms with van der Waals surface area (Å²) in [6.45, 7) is 1.87. The van der Waals surface area contributed by atoms with Gasteiger partial charge in [0.25, 0.3) is 5.91 Å². The minimum absolute atomic E-state index is 0.279. The van der Waals surface area contributed by atoms with E-state index in [1.807, 2.05) is 31.2 Å². The van der Waals surface area contributed by atoms with Crippen molar-refractivity contribution in [2.45, 2.75) is 6.92 Å². The van der Waals surface area contributed by atoms with Gasteiger partial charge in [-0.25, -0.2) is 10.1 Å². The second kappa shape index (κ2) is 7.17. The van der Waals surface area contributed by atoms with Gasteiger partial charge < -0.3 is 0 Å². The lowest BCUT2D eigenvalue weighted by atomic mass is 10.0. The number of amides is 1. The maximum Gasteiger partial charge on any atom is 0.271 e. The van der Waals surface area contributed by atoms with Crippen LogP contribution in [-0.2, 0) is 0 Å². The zero-order valence-corrected chi connectivity index (χ0v) is 14.6. The number of nitrogens with one attached hydrogen (secondary N) is 1. The third-order valence-corrected chi connectivity index (χ3v) is 4.24. The molecule has 1 N–H and O–H groups in total. The molecule has 7 nitrogen and oxygen atoms in total. The van der Waals surface area contributed by atoms with Gasteiger partial charge in [0.2, 0.25) is 0 Å². The van der Waals surface area contributed by atoms with Crippen molar-refractivity contribution in [2.75, 3.05) is 0 Å². The number of rotatable bonds is 4.